The first-order chi connectivity index (χ1) is 6.93. The van der Waals surface area contributed by atoms with Gasteiger partial charge >= 0.3 is 6.43 Å². The lowest BCUT2D eigenvalue weighted by Gasteiger charge is -2.04. The molecule has 0 saturated heterocycles. The van der Waals surface area contributed by atoms with Crippen LogP contribution in [0.25, 0.3) is 0 Å². The Morgan fingerprint density at radius 3 is 2.53 bits per heavy atom. The normalized spacial score (nSPS) is 10.8. The summed E-state index contributed by atoms with van der Waals surface area (Å²) in [5.74, 6) is -1.25. The van der Waals surface area contributed by atoms with Gasteiger partial charge in [-0.3, -0.25) is 9.48 Å². The van der Waals surface area contributed by atoms with Gasteiger partial charge in [-0.15, -0.1) is 0 Å². The van der Waals surface area contributed by atoms with Crippen LogP contribution in [0.2, 0.25) is 0 Å². The molecule has 15 heavy (non-hydrogen) atoms. The number of halogens is 2. The number of nitrogens with one attached hydrogen (secondary N) is 1. The Labute approximate surface area is 86.3 Å². The summed E-state index contributed by atoms with van der Waals surface area (Å²) >= 11 is 0. The van der Waals surface area contributed by atoms with Crippen molar-refractivity contribution in [1.82, 2.24) is 15.1 Å². The minimum absolute atomic E-state index is 0.0919. The molecule has 1 amide bonds. The number of amides is 1. The maximum atomic E-state index is 11.9. The van der Waals surface area contributed by atoms with Crippen LogP contribution in [-0.2, 0) is 18.4 Å². The Morgan fingerprint density at radius 2 is 2.13 bits per heavy atom. The zero-order valence-electron chi connectivity index (χ0n) is 8.84. The summed E-state index contributed by atoms with van der Waals surface area (Å²) in [6, 6.07) is 0. The molecule has 0 aliphatic heterocycles. The van der Waals surface area contributed by atoms with E-state index in [-0.39, 0.29) is 6.54 Å². The van der Waals surface area contributed by atoms with Crippen molar-refractivity contribution in [1.29, 1.82) is 0 Å². The van der Waals surface area contributed by atoms with Crippen LogP contribution in [0.1, 0.15) is 17.0 Å². The Hall–Kier alpha value is -1.46. The average molecular weight is 217 g/mol. The number of carbonyl (C=O) groups excluding carboxylic acids is 1. The van der Waals surface area contributed by atoms with E-state index in [9.17, 15) is 13.6 Å². The molecule has 0 bridgehead atoms. The maximum Gasteiger partial charge on any atom is 0.315 e. The smallest absolute Gasteiger partial charge is 0.315 e. The van der Waals surface area contributed by atoms with Crippen molar-refractivity contribution in [3.63, 3.8) is 0 Å². The molecule has 0 unspecified atom stereocenters. The molecule has 1 rings (SSSR count). The van der Waals surface area contributed by atoms with Gasteiger partial charge in [0.1, 0.15) is 0 Å². The summed E-state index contributed by atoms with van der Waals surface area (Å²) in [5.41, 5.74) is 2.39. The zero-order valence-corrected chi connectivity index (χ0v) is 8.84. The van der Waals surface area contributed by atoms with Gasteiger partial charge in [-0.25, -0.2) is 0 Å². The molecular formula is C9H13F2N3O. The van der Waals surface area contributed by atoms with E-state index in [4.69, 9.17) is 0 Å². The van der Waals surface area contributed by atoms with Crippen LogP contribution in [0.15, 0.2) is 0 Å². The summed E-state index contributed by atoms with van der Waals surface area (Å²) in [5, 5.41) is 6.26. The Kier molecular flexibility index (Phi) is 3.39. The number of hydrogen-bond acceptors (Lipinski definition) is 2. The van der Waals surface area contributed by atoms with Crippen LogP contribution in [0.3, 0.4) is 0 Å². The van der Waals surface area contributed by atoms with Crippen LogP contribution in [-0.4, -0.2) is 22.1 Å². The van der Waals surface area contributed by atoms with E-state index in [0.29, 0.717) is 0 Å². The van der Waals surface area contributed by atoms with Gasteiger partial charge in [-0.2, -0.15) is 13.9 Å². The van der Waals surface area contributed by atoms with Gasteiger partial charge in [0.2, 0.25) is 0 Å². The van der Waals surface area contributed by atoms with Crippen LogP contribution in [0.4, 0.5) is 8.78 Å². The van der Waals surface area contributed by atoms with E-state index in [1.54, 1.807) is 18.7 Å². The molecule has 1 aromatic rings. The molecule has 0 fully saturated rings. The van der Waals surface area contributed by atoms with Gasteiger partial charge in [0.25, 0.3) is 5.91 Å². The van der Waals surface area contributed by atoms with Crippen molar-refractivity contribution in [2.45, 2.75) is 26.8 Å². The predicted molar refractivity (Wildman–Crippen MR) is 50.5 cm³/mol. The maximum absolute atomic E-state index is 11.9. The molecule has 0 saturated carbocycles. The van der Waals surface area contributed by atoms with Gasteiger partial charge in [0.15, 0.2) is 0 Å². The molecule has 4 nitrogen and oxygen atoms in total. The summed E-state index contributed by atoms with van der Waals surface area (Å²) in [7, 11) is 1.76. The van der Waals surface area contributed by atoms with Crippen molar-refractivity contribution in [2.24, 2.45) is 7.05 Å². The van der Waals surface area contributed by atoms with Crippen molar-refractivity contribution in [3.8, 4) is 0 Å². The Bertz CT molecular complexity index is 374. The summed E-state index contributed by atoms with van der Waals surface area (Å²) in [6.45, 7) is 3.69. The highest BCUT2D eigenvalue weighted by atomic mass is 19.3. The summed E-state index contributed by atoms with van der Waals surface area (Å²) in [4.78, 5) is 10.7. The first-order valence-electron chi connectivity index (χ1n) is 4.48. The molecule has 0 aliphatic rings. The fourth-order valence-corrected chi connectivity index (χ4v) is 1.33. The van der Waals surface area contributed by atoms with E-state index in [0.717, 1.165) is 17.0 Å². The second-order valence-electron chi connectivity index (χ2n) is 3.29. The number of alkyl halides is 2. The highest BCUT2D eigenvalue weighted by molar-refractivity contribution is 5.79. The van der Waals surface area contributed by atoms with E-state index < -0.39 is 12.3 Å². The van der Waals surface area contributed by atoms with Crippen LogP contribution in [0.5, 0.6) is 0 Å². The van der Waals surface area contributed by atoms with E-state index in [1.165, 1.54) is 0 Å². The fraction of sp³-hybridized carbons (Fsp3) is 0.556. The minimum atomic E-state index is -2.97. The molecule has 0 atom stereocenters. The number of hydrogen-bond donors (Lipinski definition) is 1. The quantitative estimate of drug-likeness (QED) is 0.818. The highest BCUT2D eigenvalue weighted by Crippen LogP contribution is 2.11. The van der Waals surface area contributed by atoms with Crippen molar-refractivity contribution < 1.29 is 13.6 Å². The monoisotopic (exact) mass is 217 g/mol. The molecule has 0 spiro atoms. The lowest BCUT2D eigenvalue weighted by atomic mass is 10.2. The molecule has 0 aromatic carbocycles. The predicted octanol–water partition coefficient (Wildman–Crippen LogP) is 0.918. The largest absolute Gasteiger partial charge is 0.347 e. The molecule has 1 N–H and O–H groups in total. The van der Waals surface area contributed by atoms with Gasteiger partial charge in [0.05, 0.1) is 5.69 Å². The second kappa shape index (κ2) is 4.37. The summed E-state index contributed by atoms with van der Waals surface area (Å²) < 4.78 is 25.5. The molecule has 0 radical (unpaired) electrons. The average Bonchev–Trinajstić information content (AvgIpc) is 2.38. The van der Waals surface area contributed by atoms with Gasteiger partial charge in [0, 0.05) is 24.8 Å². The second-order valence-corrected chi connectivity index (χ2v) is 3.29. The highest BCUT2D eigenvalue weighted by Gasteiger charge is 2.16. The number of rotatable bonds is 3. The van der Waals surface area contributed by atoms with Gasteiger partial charge in [-0.1, -0.05) is 0 Å². The third kappa shape index (κ3) is 2.51. The number of nitrogens with zero attached hydrogens (tertiary/aromatic N) is 2. The molecular weight excluding hydrogens is 204 g/mol. The van der Waals surface area contributed by atoms with Crippen LogP contribution >= 0.6 is 0 Å². The Morgan fingerprint density at radius 1 is 1.53 bits per heavy atom. The van der Waals surface area contributed by atoms with E-state index >= 15 is 0 Å². The Balaban J connectivity index is 2.69. The SMILES string of the molecule is Cc1nn(C)c(C)c1CNC(=O)C(F)F. The molecule has 1 aromatic heterocycles. The topological polar surface area (TPSA) is 46.9 Å². The minimum Gasteiger partial charge on any atom is -0.347 e. The van der Waals surface area contributed by atoms with Gasteiger partial charge < -0.3 is 5.32 Å². The van der Waals surface area contributed by atoms with E-state index in [2.05, 4.69) is 10.4 Å². The molecule has 6 heteroatoms. The number of carbonyl (C=O) groups is 1. The van der Waals surface area contributed by atoms with Gasteiger partial charge in [-0.05, 0) is 13.8 Å². The summed E-state index contributed by atoms with van der Waals surface area (Å²) in [6.07, 6.45) is -2.97. The molecule has 1 heterocycles. The van der Waals surface area contributed by atoms with Crippen molar-refractivity contribution in [2.75, 3.05) is 0 Å². The third-order valence-corrected chi connectivity index (χ3v) is 2.30. The van der Waals surface area contributed by atoms with Crippen LogP contribution in [0, 0.1) is 13.8 Å². The van der Waals surface area contributed by atoms with E-state index in [1.807, 2.05) is 6.92 Å². The lowest BCUT2D eigenvalue weighted by Crippen LogP contribution is -2.29. The first-order valence-corrected chi connectivity index (χ1v) is 4.48. The number of aryl methyl sites for hydroxylation is 2. The fourth-order valence-electron chi connectivity index (χ4n) is 1.33. The zero-order chi connectivity index (χ0) is 11.6. The standard InChI is InChI=1S/C9H13F2N3O/c1-5-7(6(2)14(3)13-5)4-12-9(15)8(10)11/h8H,4H2,1-3H3,(H,12,15). The van der Waals surface area contributed by atoms with Crippen molar-refractivity contribution >= 4 is 5.91 Å². The lowest BCUT2D eigenvalue weighted by molar-refractivity contribution is -0.131. The van der Waals surface area contributed by atoms with Crippen molar-refractivity contribution in [3.05, 3.63) is 17.0 Å². The molecule has 84 valence electrons. The van der Waals surface area contributed by atoms with Crippen LogP contribution < -0.4 is 5.32 Å². The molecule has 0 aliphatic carbocycles. The first kappa shape index (κ1) is 11.6. The number of aromatic nitrogens is 2. The third-order valence-electron chi connectivity index (χ3n) is 2.30.